The van der Waals surface area contributed by atoms with Gasteiger partial charge >= 0.3 is 0 Å². The van der Waals surface area contributed by atoms with E-state index in [2.05, 4.69) is 5.32 Å². The van der Waals surface area contributed by atoms with Crippen LogP contribution in [0.5, 0.6) is 0 Å². The lowest BCUT2D eigenvalue weighted by Crippen LogP contribution is -2.53. The summed E-state index contributed by atoms with van der Waals surface area (Å²) >= 11 is 0. The summed E-state index contributed by atoms with van der Waals surface area (Å²) in [7, 11) is 0. The first kappa shape index (κ1) is 17.2. The molecule has 0 aliphatic carbocycles. The van der Waals surface area contributed by atoms with Crippen molar-refractivity contribution in [3.05, 3.63) is 35.9 Å². The molecule has 3 atom stereocenters. The molecule has 3 unspecified atom stereocenters. The highest BCUT2D eigenvalue weighted by atomic mass is 16.2. The maximum absolute atomic E-state index is 12.3. The van der Waals surface area contributed by atoms with Crippen molar-refractivity contribution >= 4 is 11.8 Å². The van der Waals surface area contributed by atoms with Gasteiger partial charge in [0.1, 0.15) is 6.04 Å². The summed E-state index contributed by atoms with van der Waals surface area (Å²) in [6.45, 7) is 7.30. The molecule has 1 aromatic carbocycles. The minimum absolute atomic E-state index is 0.273. The normalized spacial score (nSPS) is 15.9. The second-order valence-corrected chi connectivity index (χ2v) is 6.44. The van der Waals surface area contributed by atoms with E-state index in [1.54, 1.807) is 6.92 Å². The van der Waals surface area contributed by atoms with E-state index < -0.39 is 29.3 Å². The fraction of sp³-hybridized carbons (Fsp3) is 0.500. The first-order valence-corrected chi connectivity index (χ1v) is 7.04. The molecule has 0 fully saturated rings. The van der Waals surface area contributed by atoms with E-state index >= 15 is 0 Å². The highest BCUT2D eigenvalue weighted by Crippen LogP contribution is 2.22. The Kier molecular flexibility index (Phi) is 5.49. The minimum atomic E-state index is -0.726. The van der Waals surface area contributed by atoms with E-state index in [9.17, 15) is 9.59 Å². The van der Waals surface area contributed by atoms with Gasteiger partial charge in [-0.1, -0.05) is 58.0 Å². The van der Waals surface area contributed by atoms with Crippen LogP contribution in [0.4, 0.5) is 0 Å². The number of carbonyl (C=O) groups excluding carboxylic acids is 2. The first-order chi connectivity index (χ1) is 9.64. The third-order valence-electron chi connectivity index (χ3n) is 3.57. The number of rotatable bonds is 5. The maximum atomic E-state index is 12.3. The summed E-state index contributed by atoms with van der Waals surface area (Å²) in [4.78, 5) is 23.8. The third kappa shape index (κ3) is 4.56. The molecule has 21 heavy (non-hydrogen) atoms. The van der Waals surface area contributed by atoms with E-state index in [-0.39, 0.29) is 5.91 Å². The Morgan fingerprint density at radius 3 is 2.10 bits per heavy atom. The number of hydrogen-bond donors (Lipinski definition) is 3. The van der Waals surface area contributed by atoms with Crippen LogP contribution >= 0.6 is 0 Å². The summed E-state index contributed by atoms with van der Waals surface area (Å²) in [5.41, 5.74) is 11.9. The predicted molar refractivity (Wildman–Crippen MR) is 83.1 cm³/mol. The van der Waals surface area contributed by atoms with Crippen molar-refractivity contribution < 1.29 is 9.59 Å². The van der Waals surface area contributed by atoms with Crippen LogP contribution < -0.4 is 16.8 Å². The van der Waals surface area contributed by atoms with Gasteiger partial charge in [0.05, 0.1) is 5.92 Å². The van der Waals surface area contributed by atoms with E-state index in [1.807, 2.05) is 51.1 Å². The summed E-state index contributed by atoms with van der Waals surface area (Å²) < 4.78 is 0. The van der Waals surface area contributed by atoms with Gasteiger partial charge in [0.15, 0.2) is 0 Å². The molecule has 0 saturated heterocycles. The van der Waals surface area contributed by atoms with E-state index in [0.717, 1.165) is 5.56 Å². The van der Waals surface area contributed by atoms with Crippen molar-refractivity contribution in [3.8, 4) is 0 Å². The van der Waals surface area contributed by atoms with Crippen LogP contribution in [0.1, 0.15) is 39.3 Å². The standard InChI is InChI=1S/C16H25N3O2/c1-10(12(17)11-8-6-5-7-9-11)15(21)19-13(14(18)20)16(2,3)4/h5-10,12-13H,17H2,1-4H3,(H2,18,20)(H,19,21). The molecule has 0 heterocycles. The van der Waals surface area contributed by atoms with Crippen LogP contribution in [-0.2, 0) is 9.59 Å². The molecule has 2 amide bonds. The van der Waals surface area contributed by atoms with Gasteiger partial charge in [-0.25, -0.2) is 0 Å². The maximum Gasteiger partial charge on any atom is 0.240 e. The SMILES string of the molecule is CC(C(=O)NC(C(N)=O)C(C)(C)C)C(N)c1ccccc1. The van der Waals surface area contributed by atoms with Gasteiger partial charge in [-0.2, -0.15) is 0 Å². The molecule has 1 rings (SSSR count). The third-order valence-corrected chi connectivity index (χ3v) is 3.57. The van der Waals surface area contributed by atoms with Gasteiger partial charge in [0.25, 0.3) is 0 Å². The molecule has 5 nitrogen and oxygen atoms in total. The fourth-order valence-corrected chi connectivity index (χ4v) is 2.12. The average Bonchev–Trinajstić information content (AvgIpc) is 2.42. The molecule has 0 radical (unpaired) electrons. The van der Waals surface area contributed by atoms with Gasteiger partial charge in [0.2, 0.25) is 11.8 Å². The van der Waals surface area contributed by atoms with Gasteiger partial charge in [-0.3, -0.25) is 9.59 Å². The van der Waals surface area contributed by atoms with Gasteiger partial charge in [-0.05, 0) is 11.0 Å². The molecule has 0 aliphatic rings. The molecule has 0 saturated carbocycles. The number of primary amides is 1. The zero-order chi connectivity index (χ0) is 16.2. The average molecular weight is 291 g/mol. The van der Waals surface area contributed by atoms with Gasteiger partial charge in [0, 0.05) is 6.04 Å². The Balaban J connectivity index is 2.81. The summed E-state index contributed by atoms with van der Waals surface area (Å²) in [5.74, 6) is -1.28. The van der Waals surface area contributed by atoms with E-state index in [0.29, 0.717) is 0 Å². The lowest BCUT2D eigenvalue weighted by Gasteiger charge is -2.30. The van der Waals surface area contributed by atoms with Crippen LogP contribution in [0, 0.1) is 11.3 Å². The van der Waals surface area contributed by atoms with Crippen LogP contribution in [0.25, 0.3) is 0 Å². The number of carbonyl (C=O) groups is 2. The molecular weight excluding hydrogens is 266 g/mol. The summed E-state index contributed by atoms with van der Waals surface area (Å²) in [6.07, 6.45) is 0. The summed E-state index contributed by atoms with van der Waals surface area (Å²) in [6, 6.07) is 8.25. The Morgan fingerprint density at radius 1 is 1.14 bits per heavy atom. The molecule has 5 N–H and O–H groups in total. The van der Waals surface area contributed by atoms with Crippen molar-refractivity contribution in [1.82, 2.24) is 5.32 Å². The molecular formula is C16H25N3O2. The van der Waals surface area contributed by atoms with E-state index in [1.165, 1.54) is 0 Å². The lowest BCUT2D eigenvalue weighted by molar-refractivity contribution is -0.132. The Hall–Kier alpha value is -1.88. The Bertz CT molecular complexity index is 494. The molecule has 0 bridgehead atoms. The van der Waals surface area contributed by atoms with Crippen molar-refractivity contribution in [2.45, 2.75) is 39.8 Å². The minimum Gasteiger partial charge on any atom is -0.368 e. The first-order valence-electron chi connectivity index (χ1n) is 7.04. The zero-order valence-electron chi connectivity index (χ0n) is 13.1. The fourth-order valence-electron chi connectivity index (χ4n) is 2.12. The largest absolute Gasteiger partial charge is 0.368 e. The predicted octanol–water partition coefficient (Wildman–Crippen LogP) is 1.34. The number of hydrogen-bond acceptors (Lipinski definition) is 3. The van der Waals surface area contributed by atoms with Crippen LogP contribution in [0.3, 0.4) is 0 Å². The molecule has 116 valence electrons. The Labute approximate surface area is 126 Å². The van der Waals surface area contributed by atoms with Gasteiger partial charge in [-0.15, -0.1) is 0 Å². The van der Waals surface area contributed by atoms with Crippen molar-refractivity contribution in [2.24, 2.45) is 22.8 Å². The molecule has 0 aromatic heterocycles. The molecule has 5 heteroatoms. The van der Waals surface area contributed by atoms with Crippen LogP contribution in [-0.4, -0.2) is 17.9 Å². The Morgan fingerprint density at radius 2 is 1.67 bits per heavy atom. The van der Waals surface area contributed by atoms with Crippen LogP contribution in [0.2, 0.25) is 0 Å². The van der Waals surface area contributed by atoms with Crippen molar-refractivity contribution in [3.63, 3.8) is 0 Å². The smallest absolute Gasteiger partial charge is 0.240 e. The van der Waals surface area contributed by atoms with Crippen LogP contribution in [0.15, 0.2) is 30.3 Å². The van der Waals surface area contributed by atoms with Crippen molar-refractivity contribution in [1.29, 1.82) is 0 Å². The second kappa shape index (κ2) is 6.72. The quantitative estimate of drug-likeness (QED) is 0.763. The summed E-state index contributed by atoms with van der Waals surface area (Å²) in [5, 5.41) is 2.71. The molecule has 0 spiro atoms. The monoisotopic (exact) mass is 291 g/mol. The van der Waals surface area contributed by atoms with Crippen molar-refractivity contribution in [2.75, 3.05) is 0 Å². The molecule has 0 aliphatic heterocycles. The number of amides is 2. The molecule has 1 aromatic rings. The number of nitrogens with two attached hydrogens (primary N) is 2. The second-order valence-electron chi connectivity index (χ2n) is 6.44. The topological polar surface area (TPSA) is 98.2 Å². The number of benzene rings is 1. The lowest BCUT2D eigenvalue weighted by atomic mass is 9.85. The van der Waals surface area contributed by atoms with Gasteiger partial charge < -0.3 is 16.8 Å². The zero-order valence-corrected chi connectivity index (χ0v) is 13.1. The highest BCUT2D eigenvalue weighted by molar-refractivity contribution is 5.88. The van der Waals surface area contributed by atoms with E-state index in [4.69, 9.17) is 11.5 Å². The number of nitrogens with one attached hydrogen (secondary N) is 1. The highest BCUT2D eigenvalue weighted by Gasteiger charge is 2.33.